The smallest absolute Gasteiger partial charge is 0.355 e. The van der Waals surface area contributed by atoms with Crippen molar-refractivity contribution in [1.82, 2.24) is 0 Å². The van der Waals surface area contributed by atoms with Crippen molar-refractivity contribution in [3.8, 4) is 5.75 Å². The maximum Gasteiger partial charge on any atom is 0.355 e. The number of aryl methyl sites for hydroxylation is 1. The van der Waals surface area contributed by atoms with E-state index in [0.717, 1.165) is 5.56 Å². The number of ether oxygens (including phenoxy) is 4. The van der Waals surface area contributed by atoms with Crippen LogP contribution < -0.4 is 9.64 Å². The van der Waals surface area contributed by atoms with Gasteiger partial charge in [0.05, 0.1) is 32.1 Å². The molecule has 1 aliphatic heterocycles. The van der Waals surface area contributed by atoms with Crippen LogP contribution in [0.25, 0.3) is 0 Å². The molecule has 1 aliphatic rings. The Bertz CT molecular complexity index is 719. The molecule has 0 unspecified atom stereocenters. The zero-order valence-electron chi connectivity index (χ0n) is 14.6. The Kier molecular flexibility index (Phi) is 6.51. The molecule has 0 saturated heterocycles. The second-order valence-electron chi connectivity index (χ2n) is 5.39. The quantitative estimate of drug-likeness (QED) is 0.709. The van der Waals surface area contributed by atoms with E-state index in [4.69, 9.17) is 18.9 Å². The predicted octanol–water partition coefficient (Wildman–Crippen LogP) is 2.03. The van der Waals surface area contributed by atoms with Crippen LogP contribution in [0.2, 0.25) is 0 Å². The van der Waals surface area contributed by atoms with Gasteiger partial charge >= 0.3 is 11.9 Å². The van der Waals surface area contributed by atoms with Crippen LogP contribution in [0, 0.1) is 6.92 Å². The molecule has 142 valence electrons. The third-order valence-corrected chi connectivity index (χ3v) is 3.60. The molecule has 0 atom stereocenters. The number of esters is 2. The average Bonchev–Trinajstić information content (AvgIpc) is 2.64. The minimum Gasteiger partial charge on any atom is -0.485 e. The van der Waals surface area contributed by atoms with E-state index in [0.29, 0.717) is 5.69 Å². The first-order chi connectivity index (χ1) is 12.4. The van der Waals surface area contributed by atoms with Crippen LogP contribution in [-0.4, -0.2) is 52.5 Å². The molecule has 9 heteroatoms. The summed E-state index contributed by atoms with van der Waals surface area (Å²) in [6.07, 6.45) is -2.66. The van der Waals surface area contributed by atoms with Gasteiger partial charge in [0.1, 0.15) is 24.8 Å². The van der Waals surface area contributed by atoms with E-state index in [-0.39, 0.29) is 30.4 Å². The van der Waals surface area contributed by atoms with Crippen molar-refractivity contribution in [3.05, 3.63) is 35.0 Å². The molecule has 1 aromatic rings. The molecule has 0 N–H and O–H groups in total. The number of anilines is 1. The van der Waals surface area contributed by atoms with E-state index < -0.39 is 25.0 Å². The first-order valence-corrected chi connectivity index (χ1v) is 7.65. The monoisotopic (exact) mass is 371 g/mol. The minimum absolute atomic E-state index is 0.0353. The number of hydrogen-bond donors (Lipinski definition) is 0. The van der Waals surface area contributed by atoms with E-state index in [1.165, 1.54) is 25.2 Å². The van der Waals surface area contributed by atoms with Crippen LogP contribution in [0.4, 0.5) is 14.5 Å². The number of carbonyl (C=O) groups is 2. The van der Waals surface area contributed by atoms with Crippen LogP contribution in [0.3, 0.4) is 0 Å². The molecule has 0 bridgehead atoms. The van der Waals surface area contributed by atoms with E-state index in [1.54, 1.807) is 19.1 Å². The fourth-order valence-electron chi connectivity index (χ4n) is 2.45. The summed E-state index contributed by atoms with van der Waals surface area (Å²) in [4.78, 5) is 25.7. The summed E-state index contributed by atoms with van der Waals surface area (Å²) in [6.45, 7) is 0.728. The summed E-state index contributed by atoms with van der Waals surface area (Å²) in [5.41, 5.74) is 0.968. The van der Waals surface area contributed by atoms with Gasteiger partial charge < -0.3 is 23.8 Å². The SMILES string of the molecule is COC(=O)C1=C(C(=O)OC)N(c2cc(C)ccc2OCC(F)F)COC1. The van der Waals surface area contributed by atoms with Gasteiger partial charge in [0.2, 0.25) is 0 Å². The third kappa shape index (κ3) is 4.29. The highest BCUT2D eigenvalue weighted by atomic mass is 19.3. The largest absolute Gasteiger partial charge is 0.485 e. The molecule has 1 aromatic carbocycles. The van der Waals surface area contributed by atoms with E-state index >= 15 is 0 Å². The second kappa shape index (κ2) is 8.61. The number of benzene rings is 1. The van der Waals surface area contributed by atoms with Crippen molar-refractivity contribution in [2.75, 3.05) is 39.1 Å². The van der Waals surface area contributed by atoms with Gasteiger partial charge in [-0.2, -0.15) is 0 Å². The molecule has 1 heterocycles. The molecular formula is C17H19F2NO6. The Hall–Kier alpha value is -2.68. The van der Waals surface area contributed by atoms with Gasteiger partial charge in [-0.05, 0) is 24.6 Å². The number of halogens is 2. The van der Waals surface area contributed by atoms with Crippen molar-refractivity contribution in [2.24, 2.45) is 0 Å². The van der Waals surface area contributed by atoms with E-state index in [9.17, 15) is 18.4 Å². The molecular weight excluding hydrogens is 352 g/mol. The Labute approximate surface area is 149 Å². The Morgan fingerprint density at radius 1 is 1.23 bits per heavy atom. The zero-order valence-corrected chi connectivity index (χ0v) is 14.6. The van der Waals surface area contributed by atoms with Gasteiger partial charge in [0, 0.05) is 0 Å². The summed E-state index contributed by atoms with van der Waals surface area (Å²) < 4.78 is 45.1. The van der Waals surface area contributed by atoms with E-state index in [1.807, 2.05) is 0 Å². The van der Waals surface area contributed by atoms with Crippen molar-refractivity contribution in [3.63, 3.8) is 0 Å². The summed E-state index contributed by atoms with van der Waals surface area (Å²) in [5.74, 6) is -1.42. The molecule has 0 amide bonds. The lowest BCUT2D eigenvalue weighted by atomic mass is 10.1. The van der Waals surface area contributed by atoms with Crippen LogP contribution >= 0.6 is 0 Å². The van der Waals surface area contributed by atoms with Crippen molar-refractivity contribution < 1.29 is 37.3 Å². The number of hydrogen-bond acceptors (Lipinski definition) is 7. The van der Waals surface area contributed by atoms with Gasteiger partial charge in [0.25, 0.3) is 6.43 Å². The fourth-order valence-corrected chi connectivity index (χ4v) is 2.45. The highest BCUT2D eigenvalue weighted by Crippen LogP contribution is 2.35. The molecule has 0 aliphatic carbocycles. The number of nitrogens with zero attached hydrogens (tertiary/aromatic N) is 1. The fraction of sp³-hybridized carbons (Fsp3) is 0.412. The van der Waals surface area contributed by atoms with Gasteiger partial charge in [0.15, 0.2) is 0 Å². The standard InChI is InChI=1S/C17H19F2NO6/c1-10-4-5-13(26-8-14(18)19)12(6-10)20-9-25-7-11(16(21)23-2)15(20)17(22)24-3/h4-6,14H,7-9H2,1-3H3. The minimum atomic E-state index is -2.66. The van der Waals surface area contributed by atoms with Crippen LogP contribution in [0.5, 0.6) is 5.75 Å². The average molecular weight is 371 g/mol. The van der Waals surface area contributed by atoms with Crippen LogP contribution in [0.1, 0.15) is 5.56 Å². The molecule has 7 nitrogen and oxygen atoms in total. The lowest BCUT2D eigenvalue weighted by Crippen LogP contribution is -2.39. The maximum atomic E-state index is 12.5. The summed E-state index contributed by atoms with van der Waals surface area (Å²) in [6, 6.07) is 4.82. The number of rotatable bonds is 6. The first-order valence-electron chi connectivity index (χ1n) is 7.65. The lowest BCUT2D eigenvalue weighted by Gasteiger charge is -2.32. The Morgan fingerprint density at radius 3 is 2.54 bits per heavy atom. The van der Waals surface area contributed by atoms with Crippen molar-refractivity contribution in [2.45, 2.75) is 13.3 Å². The molecule has 0 saturated carbocycles. The summed E-state index contributed by atoms with van der Waals surface area (Å²) >= 11 is 0. The summed E-state index contributed by atoms with van der Waals surface area (Å²) in [7, 11) is 2.34. The van der Waals surface area contributed by atoms with Crippen LogP contribution in [0.15, 0.2) is 29.5 Å². The summed E-state index contributed by atoms with van der Waals surface area (Å²) in [5, 5.41) is 0. The number of alkyl halides is 2. The maximum absolute atomic E-state index is 12.5. The normalized spacial score (nSPS) is 14.5. The van der Waals surface area contributed by atoms with Gasteiger partial charge in [-0.3, -0.25) is 0 Å². The van der Waals surface area contributed by atoms with Gasteiger partial charge in [-0.15, -0.1) is 0 Å². The highest BCUT2D eigenvalue weighted by molar-refractivity contribution is 6.03. The Morgan fingerprint density at radius 2 is 1.92 bits per heavy atom. The van der Waals surface area contributed by atoms with Gasteiger partial charge in [-0.25, -0.2) is 18.4 Å². The molecule has 0 spiro atoms. The molecule has 26 heavy (non-hydrogen) atoms. The highest BCUT2D eigenvalue weighted by Gasteiger charge is 2.33. The molecule has 0 radical (unpaired) electrons. The predicted molar refractivity (Wildman–Crippen MR) is 87.0 cm³/mol. The van der Waals surface area contributed by atoms with Crippen molar-refractivity contribution in [1.29, 1.82) is 0 Å². The first kappa shape index (κ1) is 19.6. The second-order valence-corrected chi connectivity index (χ2v) is 5.39. The van der Waals surface area contributed by atoms with Gasteiger partial charge in [-0.1, -0.05) is 6.07 Å². The topological polar surface area (TPSA) is 74.3 Å². The van der Waals surface area contributed by atoms with E-state index in [2.05, 4.69) is 0 Å². The molecule has 2 rings (SSSR count). The zero-order chi connectivity index (χ0) is 19.3. The lowest BCUT2D eigenvalue weighted by molar-refractivity contribution is -0.140. The molecule has 0 fully saturated rings. The Balaban J connectivity index is 2.55. The third-order valence-electron chi connectivity index (χ3n) is 3.60. The number of methoxy groups -OCH3 is 2. The van der Waals surface area contributed by atoms with Crippen molar-refractivity contribution >= 4 is 17.6 Å². The van der Waals surface area contributed by atoms with Crippen LogP contribution in [-0.2, 0) is 23.8 Å². The molecule has 0 aromatic heterocycles. The number of carbonyl (C=O) groups excluding carboxylic acids is 2.